The molecule has 0 aliphatic carbocycles. The Morgan fingerprint density at radius 2 is 1.88 bits per heavy atom. The van der Waals surface area contributed by atoms with Crippen LogP contribution in [0.15, 0.2) is 50.5 Å². The smallest absolute Gasteiger partial charge is 0.220 e. The molecule has 10 nitrogen and oxygen atoms in total. The highest BCUT2D eigenvalue weighted by Gasteiger charge is 2.22. The van der Waals surface area contributed by atoms with Gasteiger partial charge in [0.1, 0.15) is 23.2 Å². The fourth-order valence-electron chi connectivity index (χ4n) is 2.51. The van der Waals surface area contributed by atoms with E-state index in [9.17, 15) is 18.9 Å². The van der Waals surface area contributed by atoms with Gasteiger partial charge in [0.05, 0.1) is 37.6 Å². The van der Waals surface area contributed by atoms with Gasteiger partial charge in [-0.15, -0.1) is 0 Å². The molecule has 3 N–H and O–H groups in total. The third-order valence-electron chi connectivity index (χ3n) is 4.03. The SMILES string of the molecule is CC[S@@](=O)c1cc(OC(C)(C)C#N)cnc1C(N)=N/C(=N\O)c1ncccc1[S@](=O)CC. The van der Waals surface area contributed by atoms with Crippen LogP contribution < -0.4 is 10.5 Å². The number of nitrogens with zero attached hydrogens (tertiary/aromatic N) is 5. The Hall–Kier alpha value is -3.17. The van der Waals surface area contributed by atoms with Crippen molar-refractivity contribution in [3.05, 3.63) is 42.0 Å². The van der Waals surface area contributed by atoms with Crippen LogP contribution in [0.1, 0.15) is 39.1 Å². The molecule has 0 radical (unpaired) electrons. The first kappa shape index (κ1) is 25.1. The second-order valence-corrected chi connectivity index (χ2v) is 10.2. The standard InChI is InChI=1S/C20H24N6O4S2/c1-5-31(28)14-8-7-9-23-17(14)19(26-27)25-18(22)16-15(32(29)6-2)10-13(11-24-16)30-20(3,4)12-21/h7-11,27H,5-6H2,1-4H3,(H2,22,25,26)/t31-,32-/m1/s1. The number of aromatic nitrogens is 2. The zero-order chi connectivity index (χ0) is 23.9. The van der Waals surface area contributed by atoms with E-state index in [0.717, 1.165) is 0 Å². The number of rotatable bonds is 8. The summed E-state index contributed by atoms with van der Waals surface area (Å²) in [6.07, 6.45) is 2.78. The van der Waals surface area contributed by atoms with Crippen LogP contribution in [0.5, 0.6) is 5.75 Å². The van der Waals surface area contributed by atoms with Gasteiger partial charge in [0, 0.05) is 23.8 Å². The molecular formula is C20H24N6O4S2. The van der Waals surface area contributed by atoms with E-state index in [0.29, 0.717) is 10.6 Å². The molecule has 0 saturated carbocycles. The number of oxime groups is 1. The van der Waals surface area contributed by atoms with Gasteiger partial charge in [-0.05, 0) is 26.0 Å². The molecular weight excluding hydrogens is 452 g/mol. The second kappa shape index (κ2) is 10.9. The minimum absolute atomic E-state index is 0.0996. The lowest BCUT2D eigenvalue weighted by Crippen LogP contribution is -2.26. The van der Waals surface area contributed by atoms with E-state index in [4.69, 9.17) is 10.5 Å². The molecule has 0 fully saturated rings. The van der Waals surface area contributed by atoms with Gasteiger partial charge in [0.15, 0.2) is 11.4 Å². The summed E-state index contributed by atoms with van der Waals surface area (Å²) in [6, 6.07) is 6.70. The number of nitrogens with two attached hydrogens (primary N) is 1. The van der Waals surface area contributed by atoms with Crippen LogP contribution in [0.3, 0.4) is 0 Å². The Morgan fingerprint density at radius 3 is 2.47 bits per heavy atom. The maximum Gasteiger partial charge on any atom is 0.220 e. The van der Waals surface area contributed by atoms with Gasteiger partial charge in [-0.2, -0.15) is 5.26 Å². The summed E-state index contributed by atoms with van der Waals surface area (Å²) >= 11 is 0. The average molecular weight is 477 g/mol. The molecule has 2 heterocycles. The summed E-state index contributed by atoms with van der Waals surface area (Å²) in [5, 5.41) is 21.9. The molecule has 0 unspecified atom stereocenters. The number of ether oxygens (including phenoxy) is 1. The Morgan fingerprint density at radius 1 is 1.22 bits per heavy atom. The largest absolute Gasteiger partial charge is 0.471 e. The molecule has 2 atom stereocenters. The van der Waals surface area contributed by atoms with E-state index in [1.54, 1.807) is 39.8 Å². The predicted octanol–water partition coefficient (Wildman–Crippen LogP) is 1.95. The van der Waals surface area contributed by atoms with E-state index in [-0.39, 0.29) is 39.5 Å². The zero-order valence-corrected chi connectivity index (χ0v) is 19.7. The highest BCUT2D eigenvalue weighted by molar-refractivity contribution is 7.85. The summed E-state index contributed by atoms with van der Waals surface area (Å²) in [7, 11) is -2.87. The van der Waals surface area contributed by atoms with Crippen molar-refractivity contribution in [1.82, 2.24) is 9.97 Å². The summed E-state index contributed by atoms with van der Waals surface area (Å²) in [4.78, 5) is 13.1. The monoisotopic (exact) mass is 476 g/mol. The lowest BCUT2D eigenvalue weighted by Gasteiger charge is -2.19. The van der Waals surface area contributed by atoms with Crippen LogP contribution in [-0.2, 0) is 21.6 Å². The first-order valence-electron chi connectivity index (χ1n) is 9.56. The van der Waals surface area contributed by atoms with Gasteiger partial charge in [-0.25, -0.2) is 9.98 Å². The molecule has 2 aromatic rings. The fraction of sp³-hybridized carbons (Fsp3) is 0.350. The minimum Gasteiger partial charge on any atom is -0.471 e. The first-order chi connectivity index (χ1) is 15.2. The van der Waals surface area contributed by atoms with Crippen LogP contribution in [0.2, 0.25) is 0 Å². The van der Waals surface area contributed by atoms with Crippen LogP contribution in [0.4, 0.5) is 0 Å². The summed E-state index contributed by atoms with van der Waals surface area (Å²) in [6.45, 7) is 6.64. The molecule has 32 heavy (non-hydrogen) atoms. The zero-order valence-electron chi connectivity index (χ0n) is 18.1. The minimum atomic E-state index is -1.49. The Bertz CT molecular complexity index is 1140. The average Bonchev–Trinajstić information content (AvgIpc) is 2.81. The molecule has 0 saturated heterocycles. The third-order valence-corrected chi connectivity index (χ3v) is 6.70. The molecule has 170 valence electrons. The predicted molar refractivity (Wildman–Crippen MR) is 122 cm³/mol. The van der Waals surface area contributed by atoms with Crippen molar-refractivity contribution in [3.8, 4) is 11.8 Å². The van der Waals surface area contributed by atoms with Crippen molar-refractivity contribution >= 4 is 33.3 Å². The number of nitriles is 1. The summed E-state index contributed by atoms with van der Waals surface area (Å²) < 4.78 is 30.6. The number of pyridine rings is 2. The second-order valence-electron chi connectivity index (χ2n) is 6.78. The van der Waals surface area contributed by atoms with Crippen molar-refractivity contribution in [1.29, 1.82) is 5.26 Å². The summed E-state index contributed by atoms with van der Waals surface area (Å²) in [5.41, 5.74) is 5.22. The number of hydrogen-bond donors (Lipinski definition) is 2. The number of aliphatic imine (C=N–C) groups is 1. The van der Waals surface area contributed by atoms with Gasteiger partial charge in [-0.3, -0.25) is 13.4 Å². The normalized spacial score (nSPS) is 14.5. The molecule has 0 bridgehead atoms. The number of amidine groups is 2. The molecule has 0 aliphatic rings. The van der Waals surface area contributed by atoms with Gasteiger partial charge in [0.2, 0.25) is 5.84 Å². The Labute approximate surface area is 191 Å². The third kappa shape index (κ3) is 5.95. The van der Waals surface area contributed by atoms with Crippen LogP contribution in [0, 0.1) is 11.3 Å². The quantitative estimate of drug-likeness (QED) is 0.253. The maximum absolute atomic E-state index is 12.6. The maximum atomic E-state index is 12.6. The van der Waals surface area contributed by atoms with E-state index in [2.05, 4.69) is 20.1 Å². The molecule has 0 spiro atoms. The van der Waals surface area contributed by atoms with Crippen molar-refractivity contribution in [2.75, 3.05) is 11.5 Å². The van der Waals surface area contributed by atoms with E-state index in [1.165, 1.54) is 18.5 Å². The van der Waals surface area contributed by atoms with Crippen molar-refractivity contribution in [2.45, 2.75) is 43.1 Å². The van der Waals surface area contributed by atoms with Crippen molar-refractivity contribution in [3.63, 3.8) is 0 Å². The Balaban J connectivity index is 2.56. The molecule has 0 amide bonds. The fourth-order valence-corrected chi connectivity index (χ4v) is 4.34. The molecule has 12 heteroatoms. The highest BCUT2D eigenvalue weighted by atomic mass is 32.2. The number of hydrogen-bond acceptors (Lipinski definition) is 8. The lowest BCUT2D eigenvalue weighted by molar-refractivity contribution is 0.168. The van der Waals surface area contributed by atoms with Crippen LogP contribution in [0.25, 0.3) is 0 Å². The Kier molecular flexibility index (Phi) is 8.56. The summed E-state index contributed by atoms with van der Waals surface area (Å²) in [5.74, 6) is 0.401. The highest BCUT2D eigenvalue weighted by Crippen LogP contribution is 2.23. The molecule has 2 rings (SSSR count). The van der Waals surface area contributed by atoms with Gasteiger partial charge < -0.3 is 15.7 Å². The van der Waals surface area contributed by atoms with Gasteiger partial charge in [-0.1, -0.05) is 19.0 Å². The van der Waals surface area contributed by atoms with Gasteiger partial charge >= 0.3 is 0 Å². The molecule has 0 aromatic carbocycles. The first-order valence-corrected chi connectivity index (χ1v) is 12.2. The topological polar surface area (TPSA) is 164 Å². The molecule has 2 aromatic heterocycles. The van der Waals surface area contributed by atoms with Crippen molar-refractivity contribution < 1.29 is 18.4 Å². The van der Waals surface area contributed by atoms with Crippen LogP contribution in [-0.4, -0.2) is 52.4 Å². The van der Waals surface area contributed by atoms with E-state index < -0.39 is 27.2 Å². The van der Waals surface area contributed by atoms with E-state index in [1.807, 2.05) is 6.07 Å². The van der Waals surface area contributed by atoms with Gasteiger partial charge in [0.25, 0.3) is 0 Å². The van der Waals surface area contributed by atoms with Crippen LogP contribution >= 0.6 is 0 Å². The van der Waals surface area contributed by atoms with Crippen molar-refractivity contribution in [2.24, 2.45) is 15.9 Å². The molecule has 0 aliphatic heterocycles. The lowest BCUT2D eigenvalue weighted by atomic mass is 10.2. The van der Waals surface area contributed by atoms with E-state index >= 15 is 0 Å².